The Bertz CT molecular complexity index is 1710. The summed E-state index contributed by atoms with van der Waals surface area (Å²) in [5, 5.41) is 35.7. The monoisotopic (exact) mass is 510 g/mol. The number of carboxylic acid groups (broad SMARTS) is 1. The van der Waals surface area contributed by atoms with E-state index < -0.39 is 5.97 Å². The minimum atomic E-state index is -1.06. The third-order valence-corrected chi connectivity index (χ3v) is 6.80. The van der Waals surface area contributed by atoms with Crippen molar-refractivity contribution < 1.29 is 15.0 Å². The minimum absolute atomic E-state index is 0.101. The number of phenolic OH excluding ortho intramolecular Hbond substituents is 1. The minimum Gasteiger partial charge on any atom is -0.505 e. The van der Waals surface area contributed by atoms with Gasteiger partial charge in [-0.15, -0.1) is 10.2 Å². The van der Waals surface area contributed by atoms with Gasteiger partial charge in [-0.05, 0) is 72.3 Å². The normalized spacial score (nSPS) is 11.3. The average Bonchev–Trinajstić information content (AvgIpc) is 3.53. The fourth-order valence-electron chi connectivity index (χ4n) is 3.94. The molecule has 0 saturated heterocycles. The molecule has 3 aromatic carbocycles. The molecule has 5 aromatic rings. The molecule has 0 radical (unpaired) electrons. The highest BCUT2D eigenvalue weighted by Crippen LogP contribution is 2.38. The zero-order valence-corrected chi connectivity index (χ0v) is 20.8. The van der Waals surface area contributed by atoms with Crippen LogP contribution in [0.3, 0.4) is 0 Å². The van der Waals surface area contributed by atoms with Gasteiger partial charge >= 0.3 is 5.97 Å². The molecule has 0 amide bonds. The summed E-state index contributed by atoms with van der Waals surface area (Å²) in [5.74, 6) is -1.23. The second-order valence-corrected chi connectivity index (χ2v) is 9.30. The van der Waals surface area contributed by atoms with E-state index in [9.17, 15) is 19.8 Å². The summed E-state index contributed by atoms with van der Waals surface area (Å²) < 4.78 is 1.43. The van der Waals surface area contributed by atoms with Gasteiger partial charge in [0, 0.05) is 16.5 Å². The van der Waals surface area contributed by atoms with E-state index in [-0.39, 0.29) is 28.2 Å². The molecular formula is C28H22N4O4S. The number of aromatic hydroxyl groups is 1. The number of aryl methyl sites for hydroxylation is 2. The van der Waals surface area contributed by atoms with Crippen LogP contribution in [0, 0.1) is 13.8 Å². The zero-order valence-electron chi connectivity index (χ0n) is 20.0. The summed E-state index contributed by atoms with van der Waals surface area (Å²) in [5.41, 5.74) is 5.04. The number of nitrogens with zero attached hydrogens (tertiary/aromatic N) is 3. The molecule has 2 heterocycles. The standard InChI is InChI=1S/C28H22N4O4S/c1-16-9-10-21(13-17(16)2)32-27(34)25(24(31-32)20-11-12-37-15-20)30-29-23-8-4-7-22(26(23)33)18-5-3-6-19(14-18)28(35)36/h3-15,31,33H,1-2H3,(H,35,36). The summed E-state index contributed by atoms with van der Waals surface area (Å²) in [7, 11) is 0. The Kier molecular flexibility index (Phi) is 6.29. The van der Waals surface area contributed by atoms with Crippen LogP contribution in [0.25, 0.3) is 28.1 Å². The molecule has 8 nitrogen and oxygen atoms in total. The molecule has 3 N–H and O–H groups in total. The van der Waals surface area contributed by atoms with Crippen molar-refractivity contribution in [3.8, 4) is 33.8 Å². The van der Waals surface area contributed by atoms with E-state index in [2.05, 4.69) is 15.3 Å². The second kappa shape index (κ2) is 9.71. The van der Waals surface area contributed by atoms with Crippen LogP contribution in [0.2, 0.25) is 0 Å². The lowest BCUT2D eigenvalue weighted by Crippen LogP contribution is -2.14. The smallest absolute Gasteiger partial charge is 0.335 e. The molecule has 2 aromatic heterocycles. The fourth-order valence-corrected chi connectivity index (χ4v) is 4.59. The third-order valence-electron chi connectivity index (χ3n) is 6.12. The summed E-state index contributed by atoms with van der Waals surface area (Å²) in [6, 6.07) is 18.8. The van der Waals surface area contributed by atoms with Gasteiger partial charge < -0.3 is 10.2 Å². The van der Waals surface area contributed by atoms with E-state index >= 15 is 0 Å². The maximum Gasteiger partial charge on any atom is 0.335 e. The number of benzene rings is 3. The van der Waals surface area contributed by atoms with E-state index in [0.717, 1.165) is 16.7 Å². The van der Waals surface area contributed by atoms with Crippen molar-refractivity contribution in [3.05, 3.63) is 105 Å². The van der Waals surface area contributed by atoms with E-state index in [1.54, 1.807) is 30.3 Å². The van der Waals surface area contributed by atoms with Crippen molar-refractivity contribution >= 4 is 28.7 Å². The van der Waals surface area contributed by atoms with Gasteiger partial charge in [-0.3, -0.25) is 9.89 Å². The molecule has 0 bridgehead atoms. The molecule has 0 atom stereocenters. The maximum atomic E-state index is 13.4. The Hall–Kier alpha value is -4.76. The Morgan fingerprint density at radius 3 is 2.49 bits per heavy atom. The highest BCUT2D eigenvalue weighted by Gasteiger charge is 2.18. The van der Waals surface area contributed by atoms with Crippen LogP contribution in [-0.2, 0) is 0 Å². The number of para-hydroxylation sites is 1. The second-order valence-electron chi connectivity index (χ2n) is 8.52. The first-order valence-electron chi connectivity index (χ1n) is 11.4. The molecule has 0 spiro atoms. The summed E-state index contributed by atoms with van der Waals surface area (Å²) in [4.78, 5) is 24.8. The Labute approximate surface area is 215 Å². The van der Waals surface area contributed by atoms with Gasteiger partial charge in [0.25, 0.3) is 5.56 Å². The van der Waals surface area contributed by atoms with E-state index in [4.69, 9.17) is 0 Å². The van der Waals surface area contributed by atoms with Crippen molar-refractivity contribution in [2.75, 3.05) is 0 Å². The quantitative estimate of drug-likeness (QED) is 0.213. The molecular weight excluding hydrogens is 488 g/mol. The molecule has 184 valence electrons. The van der Waals surface area contributed by atoms with Gasteiger partial charge in [0.05, 0.1) is 16.9 Å². The average molecular weight is 511 g/mol. The van der Waals surface area contributed by atoms with Crippen molar-refractivity contribution in [1.29, 1.82) is 0 Å². The highest BCUT2D eigenvalue weighted by atomic mass is 32.1. The van der Waals surface area contributed by atoms with Crippen LogP contribution in [0.15, 0.2) is 92.5 Å². The lowest BCUT2D eigenvalue weighted by molar-refractivity contribution is 0.0697. The predicted molar refractivity (Wildman–Crippen MR) is 144 cm³/mol. The molecule has 0 saturated carbocycles. The Morgan fingerprint density at radius 1 is 0.946 bits per heavy atom. The number of aromatic nitrogens is 2. The molecule has 9 heteroatoms. The number of azo groups is 1. The SMILES string of the molecule is Cc1ccc(-n2[nH]c(-c3ccsc3)c(N=Nc3cccc(-c4cccc(C(=O)O)c4)c3O)c2=O)cc1C. The number of carbonyl (C=O) groups is 1. The molecule has 0 unspecified atom stereocenters. The summed E-state index contributed by atoms with van der Waals surface area (Å²) >= 11 is 1.49. The lowest BCUT2D eigenvalue weighted by atomic mass is 10.0. The topological polar surface area (TPSA) is 120 Å². The third kappa shape index (κ3) is 4.60. The first-order valence-corrected chi connectivity index (χ1v) is 12.3. The molecule has 0 aliphatic rings. The van der Waals surface area contributed by atoms with Gasteiger partial charge in [0.1, 0.15) is 5.69 Å². The number of nitrogens with one attached hydrogen (secondary N) is 1. The predicted octanol–water partition coefficient (Wildman–Crippen LogP) is 7.00. The fraction of sp³-hybridized carbons (Fsp3) is 0.0714. The molecule has 37 heavy (non-hydrogen) atoms. The van der Waals surface area contributed by atoms with Crippen LogP contribution >= 0.6 is 11.3 Å². The number of thiophene rings is 1. The van der Waals surface area contributed by atoms with Crippen molar-refractivity contribution in [2.45, 2.75) is 13.8 Å². The van der Waals surface area contributed by atoms with E-state index in [1.807, 2.05) is 48.9 Å². The van der Waals surface area contributed by atoms with Gasteiger partial charge in [0.2, 0.25) is 0 Å². The van der Waals surface area contributed by atoms with Crippen LogP contribution in [0.1, 0.15) is 21.5 Å². The number of aromatic amines is 1. The molecule has 0 fully saturated rings. The largest absolute Gasteiger partial charge is 0.505 e. The Morgan fingerprint density at radius 2 is 1.76 bits per heavy atom. The maximum absolute atomic E-state index is 13.4. The number of carboxylic acids is 1. The number of hydrogen-bond acceptors (Lipinski definition) is 6. The number of rotatable bonds is 6. The van der Waals surface area contributed by atoms with E-state index in [1.165, 1.54) is 28.2 Å². The van der Waals surface area contributed by atoms with Gasteiger partial charge in [-0.25, -0.2) is 9.48 Å². The van der Waals surface area contributed by atoms with Crippen molar-refractivity contribution in [2.24, 2.45) is 10.2 Å². The van der Waals surface area contributed by atoms with Crippen molar-refractivity contribution in [3.63, 3.8) is 0 Å². The molecule has 0 aliphatic carbocycles. The highest BCUT2D eigenvalue weighted by molar-refractivity contribution is 7.08. The Balaban J connectivity index is 1.59. The van der Waals surface area contributed by atoms with E-state index in [0.29, 0.717) is 22.5 Å². The summed E-state index contributed by atoms with van der Waals surface area (Å²) in [6.45, 7) is 3.99. The van der Waals surface area contributed by atoms with Gasteiger partial charge in [0.15, 0.2) is 11.4 Å². The zero-order chi connectivity index (χ0) is 26.1. The summed E-state index contributed by atoms with van der Waals surface area (Å²) in [6.07, 6.45) is 0. The van der Waals surface area contributed by atoms with Gasteiger partial charge in [-0.2, -0.15) is 11.3 Å². The van der Waals surface area contributed by atoms with Crippen LogP contribution in [0.4, 0.5) is 11.4 Å². The lowest BCUT2D eigenvalue weighted by Gasteiger charge is -2.07. The van der Waals surface area contributed by atoms with Crippen LogP contribution in [0.5, 0.6) is 5.75 Å². The molecule has 5 rings (SSSR count). The van der Waals surface area contributed by atoms with Crippen molar-refractivity contribution in [1.82, 2.24) is 9.78 Å². The van der Waals surface area contributed by atoms with Gasteiger partial charge in [-0.1, -0.05) is 30.3 Å². The first kappa shape index (κ1) is 24.0. The first-order chi connectivity index (χ1) is 17.8. The van der Waals surface area contributed by atoms with Crippen LogP contribution < -0.4 is 5.56 Å². The van der Waals surface area contributed by atoms with Crippen LogP contribution in [-0.4, -0.2) is 26.0 Å². The number of hydrogen-bond donors (Lipinski definition) is 3. The molecule has 0 aliphatic heterocycles. The number of phenols is 1. The number of aromatic carboxylic acids is 1. The number of H-pyrrole nitrogens is 1.